The van der Waals surface area contributed by atoms with Gasteiger partial charge in [0.05, 0.1) is 24.8 Å². The Morgan fingerprint density at radius 1 is 1.18 bits per heavy atom. The maximum atomic E-state index is 13.8. The van der Waals surface area contributed by atoms with Gasteiger partial charge in [-0.25, -0.2) is 13.8 Å². The van der Waals surface area contributed by atoms with Gasteiger partial charge in [-0.3, -0.25) is 4.79 Å². The van der Waals surface area contributed by atoms with E-state index < -0.39 is 15.9 Å². The molecule has 0 aliphatic heterocycles. The van der Waals surface area contributed by atoms with Gasteiger partial charge < -0.3 is 9.84 Å². The van der Waals surface area contributed by atoms with E-state index in [1.165, 1.54) is 17.6 Å². The molecule has 1 saturated carbocycles. The summed E-state index contributed by atoms with van der Waals surface area (Å²) >= 11 is 0. The van der Waals surface area contributed by atoms with E-state index in [9.17, 15) is 18.3 Å². The fraction of sp³-hybridized carbons (Fsp3) is 0.440. The van der Waals surface area contributed by atoms with E-state index in [1.54, 1.807) is 32.0 Å². The predicted molar refractivity (Wildman–Crippen MR) is 132 cm³/mol. The van der Waals surface area contributed by atoms with Crippen molar-refractivity contribution in [3.05, 3.63) is 52.6 Å². The molecule has 8 nitrogen and oxygen atoms in total. The molecule has 9 heteroatoms. The number of para-hydroxylation sites is 1. The largest absolute Gasteiger partial charge is 0.504 e. The number of sulfonamides is 1. The molecule has 0 heterocycles. The van der Waals surface area contributed by atoms with Crippen LogP contribution in [0.4, 0.5) is 0 Å². The van der Waals surface area contributed by atoms with Crippen LogP contribution >= 0.6 is 0 Å². The van der Waals surface area contributed by atoms with Crippen LogP contribution in [-0.2, 0) is 14.8 Å². The van der Waals surface area contributed by atoms with Crippen LogP contribution in [0.5, 0.6) is 11.5 Å². The third-order valence-electron chi connectivity index (χ3n) is 6.10. The first-order chi connectivity index (χ1) is 16.1. The lowest BCUT2D eigenvalue weighted by Crippen LogP contribution is -2.46. The summed E-state index contributed by atoms with van der Waals surface area (Å²) in [5, 5.41) is 14.1. The molecule has 1 amide bonds. The van der Waals surface area contributed by atoms with E-state index >= 15 is 0 Å². The molecule has 1 fully saturated rings. The average molecular weight is 488 g/mol. The predicted octanol–water partition coefficient (Wildman–Crippen LogP) is 3.80. The number of nitrogens with one attached hydrogen (secondary N) is 1. The molecule has 0 aromatic heterocycles. The van der Waals surface area contributed by atoms with Gasteiger partial charge in [0.1, 0.15) is 0 Å². The van der Waals surface area contributed by atoms with Gasteiger partial charge >= 0.3 is 0 Å². The average Bonchev–Trinajstić information content (AvgIpc) is 2.78. The van der Waals surface area contributed by atoms with Gasteiger partial charge in [-0.05, 0) is 56.9 Å². The second-order valence-corrected chi connectivity index (χ2v) is 10.6. The molecule has 1 aliphatic carbocycles. The molecule has 184 valence electrons. The monoisotopic (exact) mass is 487 g/mol. The Bertz CT molecular complexity index is 1150. The fourth-order valence-electron chi connectivity index (χ4n) is 4.63. The number of methoxy groups -OCH3 is 1. The van der Waals surface area contributed by atoms with Crippen molar-refractivity contribution in [2.45, 2.75) is 63.8 Å². The summed E-state index contributed by atoms with van der Waals surface area (Å²) in [6.07, 6.45) is 5.65. The maximum Gasteiger partial charge on any atom is 0.255 e. The first-order valence-electron chi connectivity index (χ1n) is 11.4. The first-order valence-corrected chi connectivity index (χ1v) is 12.9. The molecule has 2 aromatic carbocycles. The van der Waals surface area contributed by atoms with Gasteiger partial charge in [0.25, 0.3) is 5.91 Å². The van der Waals surface area contributed by atoms with Crippen LogP contribution in [0.1, 0.15) is 54.4 Å². The second-order valence-electron chi connectivity index (χ2n) is 8.76. The van der Waals surface area contributed by atoms with E-state index in [0.29, 0.717) is 16.7 Å². The van der Waals surface area contributed by atoms with Crippen LogP contribution in [0, 0.1) is 20.8 Å². The number of ether oxygens (including phenoxy) is 1. The highest BCUT2D eigenvalue weighted by molar-refractivity contribution is 7.89. The van der Waals surface area contributed by atoms with E-state index in [0.717, 1.165) is 37.7 Å². The minimum absolute atomic E-state index is 0.0975. The Hall–Kier alpha value is -2.91. The van der Waals surface area contributed by atoms with Crippen molar-refractivity contribution in [2.75, 3.05) is 13.7 Å². The zero-order chi connectivity index (χ0) is 24.9. The quantitative estimate of drug-likeness (QED) is 0.435. The number of benzene rings is 2. The number of hydrogen-bond donors (Lipinski definition) is 2. The molecule has 1 aliphatic rings. The highest BCUT2D eigenvalue weighted by Crippen LogP contribution is 2.31. The summed E-state index contributed by atoms with van der Waals surface area (Å²) in [5.74, 6) is -0.358. The van der Waals surface area contributed by atoms with Crippen LogP contribution < -0.4 is 10.2 Å². The molecular weight excluding hydrogens is 454 g/mol. The van der Waals surface area contributed by atoms with Crippen LogP contribution in [0.2, 0.25) is 0 Å². The molecule has 0 unspecified atom stereocenters. The van der Waals surface area contributed by atoms with Gasteiger partial charge in [-0.2, -0.15) is 9.41 Å². The van der Waals surface area contributed by atoms with Crippen molar-refractivity contribution < 1.29 is 23.1 Å². The Labute approximate surface area is 201 Å². The van der Waals surface area contributed by atoms with Crippen molar-refractivity contribution in [1.29, 1.82) is 0 Å². The van der Waals surface area contributed by atoms with E-state index in [2.05, 4.69) is 10.5 Å². The highest BCUT2D eigenvalue weighted by Gasteiger charge is 2.35. The van der Waals surface area contributed by atoms with Crippen molar-refractivity contribution in [3.63, 3.8) is 0 Å². The lowest BCUT2D eigenvalue weighted by molar-refractivity contribution is -0.121. The zero-order valence-electron chi connectivity index (χ0n) is 20.2. The van der Waals surface area contributed by atoms with Crippen molar-refractivity contribution >= 4 is 22.1 Å². The van der Waals surface area contributed by atoms with E-state index in [1.807, 2.05) is 19.1 Å². The Kier molecular flexibility index (Phi) is 8.33. The number of aromatic hydroxyl groups is 1. The number of phenols is 1. The molecule has 0 bridgehead atoms. The second kappa shape index (κ2) is 11.0. The number of hydrogen-bond acceptors (Lipinski definition) is 6. The summed E-state index contributed by atoms with van der Waals surface area (Å²) in [6, 6.07) is 8.37. The minimum Gasteiger partial charge on any atom is -0.504 e. The number of rotatable bonds is 8. The normalized spacial score (nSPS) is 15.1. The summed E-state index contributed by atoms with van der Waals surface area (Å²) < 4.78 is 34.0. The molecule has 3 rings (SSSR count). The van der Waals surface area contributed by atoms with Crippen LogP contribution in [0.3, 0.4) is 0 Å². The molecule has 0 saturated heterocycles. The Balaban J connectivity index is 1.84. The number of hydrazone groups is 1. The molecule has 0 spiro atoms. The van der Waals surface area contributed by atoms with Crippen molar-refractivity contribution in [1.82, 2.24) is 9.73 Å². The number of nitrogens with zero attached hydrogens (tertiary/aromatic N) is 2. The number of carbonyl (C=O) groups is 1. The van der Waals surface area contributed by atoms with Gasteiger partial charge in [0.2, 0.25) is 10.0 Å². The molecule has 0 radical (unpaired) electrons. The van der Waals surface area contributed by atoms with Crippen LogP contribution in [0.15, 0.2) is 40.3 Å². The number of carbonyl (C=O) groups excluding carboxylic acids is 1. The lowest BCUT2D eigenvalue weighted by atomic mass is 9.95. The summed E-state index contributed by atoms with van der Waals surface area (Å²) in [4.78, 5) is 13.0. The fourth-order valence-corrected chi connectivity index (χ4v) is 6.69. The maximum absolute atomic E-state index is 13.8. The van der Waals surface area contributed by atoms with Crippen LogP contribution in [0.25, 0.3) is 0 Å². The molecular formula is C25H33N3O5S. The van der Waals surface area contributed by atoms with Gasteiger partial charge in [-0.15, -0.1) is 0 Å². The summed E-state index contributed by atoms with van der Waals surface area (Å²) in [6.45, 7) is 5.18. The summed E-state index contributed by atoms with van der Waals surface area (Å²) in [5.41, 5.74) is 5.10. The van der Waals surface area contributed by atoms with E-state index in [4.69, 9.17) is 4.74 Å². The molecule has 34 heavy (non-hydrogen) atoms. The first kappa shape index (κ1) is 25.7. The number of amides is 1. The minimum atomic E-state index is -3.90. The lowest BCUT2D eigenvalue weighted by Gasteiger charge is -2.33. The van der Waals surface area contributed by atoms with E-state index in [-0.39, 0.29) is 29.0 Å². The summed E-state index contributed by atoms with van der Waals surface area (Å²) in [7, 11) is -2.46. The molecule has 0 atom stereocenters. The van der Waals surface area contributed by atoms with Crippen LogP contribution in [-0.4, -0.2) is 49.6 Å². The van der Waals surface area contributed by atoms with Gasteiger partial charge in [0, 0.05) is 11.6 Å². The number of aryl methyl sites for hydroxylation is 3. The Morgan fingerprint density at radius 2 is 1.82 bits per heavy atom. The van der Waals surface area contributed by atoms with Gasteiger partial charge in [-0.1, -0.05) is 43.0 Å². The van der Waals surface area contributed by atoms with Gasteiger partial charge in [0.15, 0.2) is 11.5 Å². The van der Waals surface area contributed by atoms with Crippen molar-refractivity contribution in [3.8, 4) is 11.5 Å². The third kappa shape index (κ3) is 5.77. The zero-order valence-corrected chi connectivity index (χ0v) is 21.0. The highest BCUT2D eigenvalue weighted by atomic mass is 32.2. The number of phenolic OH excluding ortho intramolecular Hbond substituents is 1. The molecule has 2 N–H and O–H groups in total. The third-order valence-corrected chi connectivity index (χ3v) is 8.30. The standard InChI is InChI=1S/C25H33N3O5S/c1-17-13-18(2)25(19(3)14-17)34(31,32)28(21-10-6-5-7-11-21)16-23(29)27-26-15-20-9-8-12-22(33-4)24(20)30/h8-9,12-15,21,30H,5-7,10-11,16H2,1-4H3,(H,27,29)/b26-15+. The SMILES string of the molecule is COc1cccc(/C=N/NC(=O)CN(C2CCCCC2)S(=O)(=O)c2c(C)cc(C)cc2C)c1O. The Morgan fingerprint density at radius 3 is 2.44 bits per heavy atom. The topological polar surface area (TPSA) is 108 Å². The van der Waals surface area contributed by atoms with Crippen molar-refractivity contribution in [2.24, 2.45) is 5.10 Å². The molecule has 2 aromatic rings. The smallest absolute Gasteiger partial charge is 0.255 e.